The highest BCUT2D eigenvalue weighted by molar-refractivity contribution is 6.91. The van der Waals surface area contributed by atoms with Crippen LogP contribution in [0.25, 0.3) is 81.8 Å². The Morgan fingerprint density at radius 1 is 0.511 bits per heavy atom. The van der Waals surface area contributed by atoms with E-state index in [0.717, 1.165) is 0 Å². The molecule has 214 valence electrons. The van der Waals surface area contributed by atoms with Crippen molar-refractivity contribution in [3.05, 3.63) is 102 Å². The van der Waals surface area contributed by atoms with Gasteiger partial charge in [0.1, 0.15) is 0 Å². The molecule has 0 spiro atoms. The van der Waals surface area contributed by atoms with Crippen molar-refractivity contribution >= 4 is 88.4 Å². The van der Waals surface area contributed by atoms with Gasteiger partial charge in [0.2, 0.25) is 0 Å². The molecule has 3 heteroatoms. The quantitative estimate of drug-likeness (QED) is 0.159. The normalized spacial score (nSPS) is 14.4. The van der Waals surface area contributed by atoms with E-state index in [1.807, 2.05) is 0 Å². The standard InChI is InChI=1S/C42H33BN2/c1-41(2,3)22-17-18-33-29(19-22)30-20-23(42(4,5)6)21-31-34-24-11-7-8-12-25(24)35-28-15-9-13-26-27-14-10-16-32-39(27)44(37(26)28)40(35)36(34)43(32)45(33)38(30)31/h7-21H,1-6H3. The van der Waals surface area contributed by atoms with E-state index in [9.17, 15) is 0 Å². The smallest absolute Gasteiger partial charge is 0.333 e. The number of fused-ring (bicyclic) bond motifs is 11. The maximum atomic E-state index is 2.73. The molecule has 45 heavy (non-hydrogen) atoms. The van der Waals surface area contributed by atoms with Crippen LogP contribution in [0.2, 0.25) is 0 Å². The number of hydrogen-bond donors (Lipinski definition) is 0. The van der Waals surface area contributed by atoms with E-state index < -0.39 is 0 Å². The van der Waals surface area contributed by atoms with Crippen molar-refractivity contribution in [1.29, 1.82) is 0 Å². The third-order valence-corrected chi connectivity index (χ3v) is 11.3. The summed E-state index contributed by atoms with van der Waals surface area (Å²) >= 11 is 0. The molecule has 11 rings (SSSR count). The zero-order valence-corrected chi connectivity index (χ0v) is 26.6. The van der Waals surface area contributed by atoms with E-state index in [2.05, 4.69) is 141 Å². The Hall–Kier alpha value is -4.76. The lowest BCUT2D eigenvalue weighted by molar-refractivity contribution is 0.590. The molecule has 0 saturated heterocycles. The summed E-state index contributed by atoms with van der Waals surface area (Å²) in [4.78, 5) is 0. The summed E-state index contributed by atoms with van der Waals surface area (Å²) in [7, 11) is 0. The summed E-state index contributed by atoms with van der Waals surface area (Å²) in [6.07, 6.45) is 0. The van der Waals surface area contributed by atoms with Gasteiger partial charge in [-0.25, -0.2) is 0 Å². The van der Waals surface area contributed by atoms with Crippen LogP contribution in [0.3, 0.4) is 0 Å². The van der Waals surface area contributed by atoms with Gasteiger partial charge in [-0.15, -0.1) is 0 Å². The van der Waals surface area contributed by atoms with Crippen LogP contribution in [-0.4, -0.2) is 15.7 Å². The molecule has 2 nitrogen and oxygen atoms in total. The number of benzene rings is 6. The molecular formula is C42H33BN2. The molecule has 2 aliphatic heterocycles. The van der Waals surface area contributed by atoms with E-state index in [0.29, 0.717) is 0 Å². The van der Waals surface area contributed by atoms with Gasteiger partial charge in [0.25, 0.3) is 0 Å². The molecule has 9 aromatic rings. The lowest BCUT2D eigenvalue weighted by Gasteiger charge is -2.33. The third-order valence-electron chi connectivity index (χ3n) is 11.3. The average Bonchev–Trinajstić information content (AvgIpc) is 3.66. The summed E-state index contributed by atoms with van der Waals surface area (Å²) in [6, 6.07) is 35.5. The molecule has 0 radical (unpaired) electrons. The van der Waals surface area contributed by atoms with Gasteiger partial charge in [0.15, 0.2) is 0 Å². The molecule has 0 bridgehead atoms. The molecule has 5 heterocycles. The van der Waals surface area contributed by atoms with Crippen molar-refractivity contribution in [3.63, 3.8) is 0 Å². The van der Waals surface area contributed by atoms with Gasteiger partial charge in [-0.1, -0.05) is 108 Å². The van der Waals surface area contributed by atoms with Crippen LogP contribution in [0, 0.1) is 0 Å². The Bertz CT molecular complexity index is 2820. The van der Waals surface area contributed by atoms with Crippen molar-refractivity contribution < 1.29 is 0 Å². The monoisotopic (exact) mass is 576 g/mol. The molecule has 0 atom stereocenters. The largest absolute Gasteiger partial charge is 0.375 e. The summed E-state index contributed by atoms with van der Waals surface area (Å²) < 4.78 is 5.37. The molecular weight excluding hydrogens is 543 g/mol. The van der Waals surface area contributed by atoms with Gasteiger partial charge >= 0.3 is 6.85 Å². The molecule has 0 saturated carbocycles. The second kappa shape index (κ2) is 7.37. The fraction of sp³-hybridized carbons (Fsp3) is 0.190. The van der Waals surface area contributed by atoms with Crippen LogP contribution in [0.1, 0.15) is 52.7 Å². The molecule has 2 aliphatic rings. The first-order chi connectivity index (χ1) is 21.6. The van der Waals surface area contributed by atoms with E-state index in [1.54, 1.807) is 0 Å². The van der Waals surface area contributed by atoms with E-state index in [-0.39, 0.29) is 17.7 Å². The minimum Gasteiger partial charge on any atom is -0.375 e. The zero-order chi connectivity index (χ0) is 30.3. The average molecular weight is 577 g/mol. The van der Waals surface area contributed by atoms with Crippen LogP contribution in [0.15, 0.2) is 91.0 Å². The van der Waals surface area contributed by atoms with Crippen molar-refractivity contribution in [1.82, 2.24) is 8.88 Å². The third kappa shape index (κ3) is 2.65. The van der Waals surface area contributed by atoms with E-state index >= 15 is 0 Å². The predicted molar refractivity (Wildman–Crippen MR) is 195 cm³/mol. The van der Waals surface area contributed by atoms with E-state index in [1.165, 1.54) is 104 Å². The van der Waals surface area contributed by atoms with Crippen molar-refractivity contribution in [2.45, 2.75) is 52.4 Å². The second-order valence-corrected chi connectivity index (χ2v) is 15.8. The topological polar surface area (TPSA) is 9.34 Å². The Balaban J connectivity index is 1.48. The SMILES string of the molecule is CC(C)(C)c1ccc2c(c1)c1cc(C(C)(C)C)cc3c1n2B1c2cccc4c5cccc6c7c8ccccc8c-3c1c7n(c24)c56. The van der Waals surface area contributed by atoms with Gasteiger partial charge in [-0.2, -0.15) is 0 Å². The van der Waals surface area contributed by atoms with Crippen LogP contribution in [0.4, 0.5) is 0 Å². The first-order valence-electron chi connectivity index (χ1n) is 16.4. The summed E-state index contributed by atoms with van der Waals surface area (Å²) in [5, 5.41) is 11.0. The Labute approximate surface area is 262 Å². The maximum absolute atomic E-state index is 2.73. The minimum absolute atomic E-state index is 0.0168. The first-order valence-corrected chi connectivity index (χ1v) is 16.4. The van der Waals surface area contributed by atoms with Crippen LogP contribution < -0.4 is 10.9 Å². The number of para-hydroxylation sites is 2. The molecule has 0 fully saturated rings. The highest BCUT2D eigenvalue weighted by Crippen LogP contribution is 2.50. The van der Waals surface area contributed by atoms with Crippen molar-refractivity contribution in [3.8, 4) is 11.1 Å². The van der Waals surface area contributed by atoms with Gasteiger partial charge in [0, 0.05) is 48.9 Å². The fourth-order valence-corrected chi connectivity index (χ4v) is 9.26. The predicted octanol–water partition coefficient (Wildman–Crippen LogP) is 9.64. The van der Waals surface area contributed by atoms with Crippen LogP contribution in [0.5, 0.6) is 0 Å². The molecule has 3 aromatic heterocycles. The lowest BCUT2D eigenvalue weighted by Crippen LogP contribution is -2.54. The fourth-order valence-electron chi connectivity index (χ4n) is 9.26. The van der Waals surface area contributed by atoms with E-state index in [4.69, 9.17) is 0 Å². The van der Waals surface area contributed by atoms with Crippen LogP contribution in [-0.2, 0) is 10.8 Å². The first kappa shape index (κ1) is 24.6. The lowest BCUT2D eigenvalue weighted by atomic mass is 9.45. The van der Waals surface area contributed by atoms with Crippen LogP contribution >= 0.6 is 0 Å². The van der Waals surface area contributed by atoms with Crippen molar-refractivity contribution in [2.75, 3.05) is 0 Å². The highest BCUT2D eigenvalue weighted by Gasteiger charge is 2.43. The van der Waals surface area contributed by atoms with Gasteiger partial charge in [-0.3, -0.25) is 0 Å². The Morgan fingerprint density at radius 3 is 1.96 bits per heavy atom. The van der Waals surface area contributed by atoms with Gasteiger partial charge in [-0.05, 0) is 73.5 Å². The second-order valence-electron chi connectivity index (χ2n) is 15.8. The number of nitrogens with zero attached hydrogens (tertiary/aromatic N) is 2. The summed E-state index contributed by atoms with van der Waals surface area (Å²) in [5.74, 6) is 0. The minimum atomic E-state index is 0.0168. The van der Waals surface area contributed by atoms with Crippen molar-refractivity contribution in [2.24, 2.45) is 0 Å². The summed E-state index contributed by atoms with van der Waals surface area (Å²) in [5.41, 5.74) is 15.4. The maximum Gasteiger partial charge on any atom is 0.333 e. The summed E-state index contributed by atoms with van der Waals surface area (Å²) in [6.45, 7) is 14.2. The number of rotatable bonds is 0. The highest BCUT2D eigenvalue weighted by atomic mass is 15.0. The molecule has 6 aromatic carbocycles. The Kier molecular flexibility index (Phi) is 4.02. The molecule has 0 aliphatic carbocycles. The zero-order valence-electron chi connectivity index (χ0n) is 26.6. The Morgan fingerprint density at radius 2 is 1.18 bits per heavy atom. The molecule has 0 unspecified atom stereocenters. The molecule has 0 amide bonds. The number of hydrogen-bond acceptors (Lipinski definition) is 0. The van der Waals surface area contributed by atoms with Gasteiger partial charge < -0.3 is 8.88 Å². The number of aromatic nitrogens is 2. The molecule has 0 N–H and O–H groups in total. The van der Waals surface area contributed by atoms with Gasteiger partial charge in [0.05, 0.1) is 16.6 Å².